The van der Waals surface area contributed by atoms with Crippen LogP contribution in [-0.2, 0) is 4.79 Å². The number of carbonyl (C=O) groups is 2. The predicted molar refractivity (Wildman–Crippen MR) is 70.8 cm³/mol. The molecule has 2 heterocycles. The maximum atomic E-state index is 11.7. The molecule has 0 saturated heterocycles. The van der Waals surface area contributed by atoms with Crippen LogP contribution in [0.4, 0.5) is 0 Å². The van der Waals surface area contributed by atoms with Crippen molar-refractivity contribution in [1.29, 1.82) is 0 Å². The van der Waals surface area contributed by atoms with Crippen LogP contribution in [0.3, 0.4) is 0 Å². The monoisotopic (exact) mass is 276 g/mol. The summed E-state index contributed by atoms with van der Waals surface area (Å²) in [4.78, 5) is 23.2. The molecule has 1 atom stereocenters. The van der Waals surface area contributed by atoms with Crippen molar-refractivity contribution in [3.63, 3.8) is 0 Å². The van der Waals surface area contributed by atoms with E-state index in [1.807, 2.05) is 6.92 Å². The fourth-order valence-corrected chi connectivity index (χ4v) is 1.68. The van der Waals surface area contributed by atoms with Crippen LogP contribution in [0.1, 0.15) is 35.5 Å². The van der Waals surface area contributed by atoms with E-state index in [0.29, 0.717) is 0 Å². The van der Waals surface area contributed by atoms with Gasteiger partial charge in [0.25, 0.3) is 5.91 Å². The summed E-state index contributed by atoms with van der Waals surface area (Å²) in [7, 11) is 0. The smallest absolute Gasteiger partial charge is 0.286 e. The van der Waals surface area contributed by atoms with Gasteiger partial charge in [0.2, 0.25) is 5.91 Å². The average molecular weight is 276 g/mol. The minimum absolute atomic E-state index is 0.123. The van der Waals surface area contributed by atoms with Crippen LogP contribution < -0.4 is 10.6 Å². The summed E-state index contributed by atoms with van der Waals surface area (Å²) in [6.45, 7) is 2.12. The van der Waals surface area contributed by atoms with E-state index in [1.54, 1.807) is 24.5 Å². The second kappa shape index (κ2) is 6.55. The number of hydrogen-bond donors (Lipinski definition) is 3. The summed E-state index contributed by atoms with van der Waals surface area (Å²) in [5.41, 5.74) is 0.901. The Labute approximate surface area is 115 Å². The zero-order valence-electron chi connectivity index (χ0n) is 11.1. The fraction of sp³-hybridized carbons (Fsp3) is 0.308. The maximum Gasteiger partial charge on any atom is 0.286 e. The Kier molecular flexibility index (Phi) is 4.54. The number of carbonyl (C=O) groups excluding carboxylic acids is 2. The molecule has 0 fully saturated rings. The molecular formula is C13H16N4O3. The lowest BCUT2D eigenvalue weighted by molar-refractivity contribution is -0.121. The molecule has 7 nitrogen and oxygen atoms in total. The van der Waals surface area contributed by atoms with Crippen LogP contribution in [-0.4, -0.2) is 28.6 Å². The molecule has 0 saturated carbocycles. The van der Waals surface area contributed by atoms with E-state index in [1.165, 1.54) is 6.26 Å². The lowest BCUT2D eigenvalue weighted by Gasteiger charge is -2.12. The molecule has 2 aromatic heterocycles. The molecule has 0 aromatic carbocycles. The number of aromatic nitrogens is 2. The molecule has 0 radical (unpaired) electrons. The van der Waals surface area contributed by atoms with Crippen molar-refractivity contribution in [3.05, 3.63) is 42.1 Å². The Morgan fingerprint density at radius 1 is 1.50 bits per heavy atom. The summed E-state index contributed by atoms with van der Waals surface area (Å²) in [6.07, 6.45) is 5.01. The number of furan rings is 1. The number of amides is 2. The first kappa shape index (κ1) is 13.9. The van der Waals surface area contributed by atoms with Crippen molar-refractivity contribution in [3.8, 4) is 0 Å². The Morgan fingerprint density at radius 3 is 3.00 bits per heavy atom. The van der Waals surface area contributed by atoms with Gasteiger partial charge in [-0.3, -0.25) is 14.7 Å². The highest BCUT2D eigenvalue weighted by Crippen LogP contribution is 2.08. The van der Waals surface area contributed by atoms with Gasteiger partial charge in [-0.25, -0.2) is 0 Å². The Morgan fingerprint density at radius 2 is 2.35 bits per heavy atom. The largest absolute Gasteiger partial charge is 0.459 e. The topological polar surface area (TPSA) is 100 Å². The molecule has 1 unspecified atom stereocenters. The standard InChI is InChI=1S/C13H16N4O3/c1-9(10-7-15-16-8-10)17-12(18)4-5-14-13(19)11-3-2-6-20-11/h2-3,6-9H,4-5H2,1H3,(H,14,19)(H,15,16)(H,17,18). The molecule has 106 valence electrons. The zero-order chi connectivity index (χ0) is 14.4. The van der Waals surface area contributed by atoms with Crippen LogP contribution in [0, 0.1) is 0 Å². The van der Waals surface area contributed by atoms with Gasteiger partial charge in [-0.15, -0.1) is 0 Å². The van der Waals surface area contributed by atoms with Crippen molar-refractivity contribution in [2.45, 2.75) is 19.4 Å². The van der Waals surface area contributed by atoms with Gasteiger partial charge in [0.05, 0.1) is 18.5 Å². The summed E-state index contributed by atoms with van der Waals surface area (Å²) in [5, 5.41) is 11.9. The van der Waals surface area contributed by atoms with Crippen LogP contribution >= 0.6 is 0 Å². The third kappa shape index (κ3) is 3.71. The van der Waals surface area contributed by atoms with E-state index in [-0.39, 0.29) is 36.6 Å². The van der Waals surface area contributed by atoms with Gasteiger partial charge in [-0.05, 0) is 19.1 Å². The van der Waals surface area contributed by atoms with E-state index in [2.05, 4.69) is 20.8 Å². The SMILES string of the molecule is CC(NC(=O)CCNC(=O)c1ccco1)c1cn[nH]c1. The highest BCUT2D eigenvalue weighted by atomic mass is 16.3. The third-order valence-electron chi connectivity index (χ3n) is 2.78. The van der Waals surface area contributed by atoms with Crippen molar-refractivity contribution in [2.75, 3.05) is 6.54 Å². The van der Waals surface area contributed by atoms with Crippen LogP contribution in [0.25, 0.3) is 0 Å². The quantitative estimate of drug-likeness (QED) is 0.732. The number of H-pyrrole nitrogens is 1. The fourth-order valence-electron chi connectivity index (χ4n) is 1.68. The molecule has 20 heavy (non-hydrogen) atoms. The Balaban J connectivity index is 1.69. The Hall–Kier alpha value is -2.57. The molecular weight excluding hydrogens is 260 g/mol. The molecule has 0 bridgehead atoms. The second-order valence-corrected chi connectivity index (χ2v) is 4.30. The summed E-state index contributed by atoms with van der Waals surface area (Å²) >= 11 is 0. The second-order valence-electron chi connectivity index (χ2n) is 4.30. The maximum absolute atomic E-state index is 11.7. The van der Waals surface area contributed by atoms with Crippen LogP contribution in [0.15, 0.2) is 35.2 Å². The normalized spacial score (nSPS) is 11.8. The number of rotatable bonds is 6. The van der Waals surface area contributed by atoms with Crippen LogP contribution in [0.2, 0.25) is 0 Å². The lowest BCUT2D eigenvalue weighted by atomic mass is 10.2. The van der Waals surface area contributed by atoms with Crippen molar-refractivity contribution >= 4 is 11.8 Å². The first-order valence-electron chi connectivity index (χ1n) is 6.26. The van der Waals surface area contributed by atoms with Gasteiger partial charge in [0.15, 0.2) is 5.76 Å². The van der Waals surface area contributed by atoms with Gasteiger partial charge >= 0.3 is 0 Å². The minimum atomic E-state index is -0.328. The molecule has 0 aliphatic heterocycles. The number of aromatic amines is 1. The van der Waals surface area contributed by atoms with Gasteiger partial charge < -0.3 is 15.1 Å². The number of nitrogens with one attached hydrogen (secondary N) is 3. The lowest BCUT2D eigenvalue weighted by Crippen LogP contribution is -2.31. The van der Waals surface area contributed by atoms with Crippen molar-refractivity contribution in [2.24, 2.45) is 0 Å². The Bertz CT molecular complexity index is 548. The first-order chi connectivity index (χ1) is 9.66. The highest BCUT2D eigenvalue weighted by Gasteiger charge is 2.11. The van der Waals surface area contributed by atoms with Crippen molar-refractivity contribution < 1.29 is 14.0 Å². The summed E-state index contributed by atoms with van der Waals surface area (Å²) < 4.78 is 4.94. The first-order valence-corrected chi connectivity index (χ1v) is 6.26. The predicted octanol–water partition coefficient (Wildman–Crippen LogP) is 1.000. The van der Waals surface area contributed by atoms with Gasteiger partial charge in [-0.2, -0.15) is 5.10 Å². The third-order valence-corrected chi connectivity index (χ3v) is 2.78. The van der Waals surface area contributed by atoms with Crippen LogP contribution in [0.5, 0.6) is 0 Å². The number of hydrogen-bond acceptors (Lipinski definition) is 4. The molecule has 3 N–H and O–H groups in total. The number of nitrogens with zero attached hydrogens (tertiary/aromatic N) is 1. The van der Waals surface area contributed by atoms with Gasteiger partial charge in [0, 0.05) is 24.7 Å². The highest BCUT2D eigenvalue weighted by molar-refractivity contribution is 5.91. The molecule has 0 spiro atoms. The van der Waals surface area contributed by atoms with Gasteiger partial charge in [0.1, 0.15) is 0 Å². The van der Waals surface area contributed by atoms with E-state index in [0.717, 1.165) is 5.56 Å². The average Bonchev–Trinajstić information content (AvgIpc) is 3.12. The van der Waals surface area contributed by atoms with Gasteiger partial charge in [-0.1, -0.05) is 0 Å². The summed E-state index contributed by atoms with van der Waals surface area (Å²) in [6, 6.07) is 3.08. The molecule has 2 aromatic rings. The van der Waals surface area contributed by atoms with E-state index in [9.17, 15) is 9.59 Å². The minimum Gasteiger partial charge on any atom is -0.459 e. The van der Waals surface area contributed by atoms with E-state index in [4.69, 9.17) is 4.42 Å². The molecule has 2 amide bonds. The molecule has 0 aliphatic carbocycles. The molecule has 0 aliphatic rings. The molecule has 2 rings (SSSR count). The summed E-state index contributed by atoms with van der Waals surface area (Å²) in [5.74, 6) is -0.235. The van der Waals surface area contributed by atoms with Crippen molar-refractivity contribution in [1.82, 2.24) is 20.8 Å². The zero-order valence-corrected chi connectivity index (χ0v) is 11.1. The molecule has 7 heteroatoms. The van der Waals surface area contributed by atoms with E-state index >= 15 is 0 Å². The van der Waals surface area contributed by atoms with E-state index < -0.39 is 0 Å².